The van der Waals surface area contributed by atoms with E-state index in [1.807, 2.05) is 0 Å². The number of rotatable bonds is 64. The van der Waals surface area contributed by atoms with Gasteiger partial charge in [-0.25, -0.2) is 0 Å². The molecule has 0 aromatic carbocycles. The molecule has 0 radical (unpaired) electrons. The first-order chi connectivity index (χ1) is 37.5. The predicted octanol–water partition coefficient (Wildman–Crippen LogP) is 21.9. The second-order valence-corrected chi connectivity index (χ2v) is 23.5. The molecule has 0 aliphatic rings. The van der Waals surface area contributed by atoms with E-state index in [0.29, 0.717) is 25.9 Å². The van der Waals surface area contributed by atoms with Gasteiger partial charge in [0, 0.05) is 12.8 Å². The second-order valence-electron chi connectivity index (χ2n) is 23.5. The van der Waals surface area contributed by atoms with E-state index in [-0.39, 0.29) is 18.5 Å². The molecule has 0 aliphatic carbocycles. The van der Waals surface area contributed by atoms with Gasteiger partial charge in [0.25, 0.3) is 0 Å². The third-order valence-corrected chi connectivity index (χ3v) is 15.9. The van der Waals surface area contributed by atoms with Crippen LogP contribution < -0.4 is 5.32 Å². The van der Waals surface area contributed by atoms with Gasteiger partial charge in [-0.05, 0) is 83.5 Å². The normalized spacial score (nSPS) is 12.7. The molecule has 3 N–H and O–H groups in total. The minimum Gasteiger partial charge on any atom is -0.466 e. The van der Waals surface area contributed by atoms with Crippen LogP contribution in [0.4, 0.5) is 0 Å². The first-order valence-electron chi connectivity index (χ1n) is 34.2. The summed E-state index contributed by atoms with van der Waals surface area (Å²) in [5.74, 6) is -0.0408. The van der Waals surface area contributed by atoms with Crippen molar-refractivity contribution in [1.82, 2.24) is 5.32 Å². The number of ether oxygens (including phenoxy) is 1. The molecule has 2 unspecified atom stereocenters. The fourth-order valence-electron chi connectivity index (χ4n) is 10.7. The zero-order valence-corrected chi connectivity index (χ0v) is 51.3. The van der Waals surface area contributed by atoms with E-state index in [9.17, 15) is 19.8 Å². The van der Waals surface area contributed by atoms with Gasteiger partial charge >= 0.3 is 5.97 Å². The highest BCUT2D eigenvalue weighted by Crippen LogP contribution is 2.18. The van der Waals surface area contributed by atoms with Crippen LogP contribution in [0.25, 0.3) is 0 Å². The van der Waals surface area contributed by atoms with Gasteiger partial charge in [0.05, 0.1) is 25.4 Å². The second kappa shape index (κ2) is 65.6. The molecule has 0 aromatic rings. The average Bonchev–Trinajstić information content (AvgIpc) is 3.42. The number of carbonyl (C=O) groups excluding carboxylic acids is 2. The van der Waals surface area contributed by atoms with Crippen LogP contribution in [0.15, 0.2) is 36.5 Å². The molecule has 0 aliphatic heterocycles. The maximum absolute atomic E-state index is 12.5. The molecule has 448 valence electrons. The van der Waals surface area contributed by atoms with Gasteiger partial charge in [-0.3, -0.25) is 9.59 Å². The molecule has 0 heterocycles. The van der Waals surface area contributed by atoms with E-state index in [1.165, 1.54) is 289 Å². The molecule has 0 saturated heterocycles. The molecule has 1 amide bonds. The minimum absolute atomic E-state index is 0.000439. The molecular formula is C70H133NO5. The molecule has 76 heavy (non-hydrogen) atoms. The van der Waals surface area contributed by atoms with E-state index < -0.39 is 12.1 Å². The quantitative estimate of drug-likeness (QED) is 0.0320. The first kappa shape index (κ1) is 74.1. The largest absolute Gasteiger partial charge is 0.466 e. The zero-order valence-electron chi connectivity index (χ0n) is 51.3. The van der Waals surface area contributed by atoms with Crippen molar-refractivity contribution >= 4 is 11.9 Å². The number of hydrogen-bond donors (Lipinski definition) is 3. The Morgan fingerprint density at radius 3 is 1.03 bits per heavy atom. The van der Waals surface area contributed by atoms with Crippen LogP contribution in [0.5, 0.6) is 0 Å². The summed E-state index contributed by atoms with van der Waals surface area (Å²) in [7, 11) is 0. The minimum atomic E-state index is -0.672. The van der Waals surface area contributed by atoms with Gasteiger partial charge < -0.3 is 20.3 Å². The molecule has 0 saturated carbocycles. The molecule has 2 atom stereocenters. The van der Waals surface area contributed by atoms with Crippen LogP contribution in [-0.4, -0.2) is 47.4 Å². The van der Waals surface area contributed by atoms with Crippen LogP contribution in [-0.2, 0) is 14.3 Å². The summed E-state index contributed by atoms with van der Waals surface area (Å²) in [4.78, 5) is 24.6. The number of unbranched alkanes of at least 4 members (excludes halogenated alkanes) is 47. The van der Waals surface area contributed by atoms with Crippen molar-refractivity contribution < 1.29 is 24.5 Å². The van der Waals surface area contributed by atoms with E-state index in [0.717, 1.165) is 51.4 Å². The van der Waals surface area contributed by atoms with E-state index in [4.69, 9.17) is 4.74 Å². The predicted molar refractivity (Wildman–Crippen MR) is 333 cm³/mol. The van der Waals surface area contributed by atoms with Crippen LogP contribution >= 0.6 is 0 Å². The SMILES string of the molecule is CCCCCC/C=C\C/C=C\CCCCCCCCCC(=O)OCCCCCCCCCCC/C=C\CCCCCCCCCC(=O)NC(CO)C(O)CCCCCCCCCCCCCCCCCCCCCCC. The van der Waals surface area contributed by atoms with Gasteiger partial charge in [-0.1, -0.05) is 314 Å². The topological polar surface area (TPSA) is 95.9 Å². The molecule has 0 bridgehead atoms. The van der Waals surface area contributed by atoms with Crippen LogP contribution in [0, 0.1) is 0 Å². The number of aliphatic hydroxyl groups is 2. The highest BCUT2D eigenvalue weighted by atomic mass is 16.5. The maximum atomic E-state index is 12.5. The summed E-state index contributed by atoms with van der Waals surface area (Å²) in [5, 5.41) is 23.4. The summed E-state index contributed by atoms with van der Waals surface area (Å²) in [6.45, 7) is 4.95. The lowest BCUT2D eigenvalue weighted by Gasteiger charge is -2.22. The highest BCUT2D eigenvalue weighted by molar-refractivity contribution is 5.76. The number of amides is 1. The Balaban J connectivity index is 3.43. The van der Waals surface area contributed by atoms with Crippen molar-refractivity contribution in [3.63, 3.8) is 0 Å². The van der Waals surface area contributed by atoms with Crippen molar-refractivity contribution in [2.45, 2.75) is 386 Å². The summed E-state index contributed by atoms with van der Waals surface area (Å²) in [6, 6.07) is -0.550. The lowest BCUT2D eigenvalue weighted by atomic mass is 10.0. The van der Waals surface area contributed by atoms with Gasteiger partial charge in [0.2, 0.25) is 5.91 Å². The Morgan fingerprint density at radius 2 is 0.658 bits per heavy atom. The molecule has 0 aromatic heterocycles. The van der Waals surface area contributed by atoms with Crippen LogP contribution in [0.1, 0.15) is 373 Å². The first-order valence-corrected chi connectivity index (χ1v) is 34.2. The lowest BCUT2D eigenvalue weighted by molar-refractivity contribution is -0.143. The van der Waals surface area contributed by atoms with Gasteiger partial charge in [-0.2, -0.15) is 0 Å². The van der Waals surface area contributed by atoms with Gasteiger partial charge in [0.15, 0.2) is 0 Å². The van der Waals surface area contributed by atoms with Crippen molar-refractivity contribution in [2.24, 2.45) is 0 Å². The number of aliphatic hydroxyl groups excluding tert-OH is 2. The molecule has 0 rings (SSSR count). The summed E-state index contributed by atoms with van der Waals surface area (Å²) < 4.78 is 5.49. The highest BCUT2D eigenvalue weighted by Gasteiger charge is 2.20. The van der Waals surface area contributed by atoms with Crippen molar-refractivity contribution in [2.75, 3.05) is 13.2 Å². The van der Waals surface area contributed by atoms with Crippen molar-refractivity contribution in [1.29, 1.82) is 0 Å². The third kappa shape index (κ3) is 61.3. The average molecular weight is 1070 g/mol. The molecule has 0 spiro atoms. The summed E-state index contributed by atoms with van der Waals surface area (Å²) in [6.07, 6.45) is 83.1. The van der Waals surface area contributed by atoms with Crippen LogP contribution in [0.2, 0.25) is 0 Å². The third-order valence-electron chi connectivity index (χ3n) is 15.9. The van der Waals surface area contributed by atoms with E-state index in [1.54, 1.807) is 0 Å². The zero-order chi connectivity index (χ0) is 55.0. The number of allylic oxidation sites excluding steroid dienone is 6. The summed E-state index contributed by atoms with van der Waals surface area (Å²) >= 11 is 0. The Kier molecular flexibility index (Phi) is 63.9. The van der Waals surface area contributed by atoms with E-state index in [2.05, 4.69) is 55.6 Å². The van der Waals surface area contributed by atoms with Crippen molar-refractivity contribution in [3.05, 3.63) is 36.5 Å². The Labute approximate surface area is 474 Å². The molecular weight excluding hydrogens is 935 g/mol. The number of carbonyl (C=O) groups is 2. The fraction of sp³-hybridized carbons (Fsp3) is 0.886. The Bertz CT molecular complexity index is 1230. The Hall–Kier alpha value is -1.92. The lowest BCUT2D eigenvalue weighted by Crippen LogP contribution is -2.45. The monoisotopic (exact) mass is 1070 g/mol. The number of esters is 1. The van der Waals surface area contributed by atoms with Crippen LogP contribution in [0.3, 0.4) is 0 Å². The van der Waals surface area contributed by atoms with Gasteiger partial charge in [0.1, 0.15) is 0 Å². The molecule has 6 nitrogen and oxygen atoms in total. The van der Waals surface area contributed by atoms with E-state index >= 15 is 0 Å². The van der Waals surface area contributed by atoms with Crippen molar-refractivity contribution in [3.8, 4) is 0 Å². The number of hydrogen-bond acceptors (Lipinski definition) is 5. The van der Waals surface area contributed by atoms with Gasteiger partial charge in [-0.15, -0.1) is 0 Å². The fourth-order valence-corrected chi connectivity index (χ4v) is 10.7. The smallest absolute Gasteiger partial charge is 0.305 e. The molecule has 6 heteroatoms. The summed E-state index contributed by atoms with van der Waals surface area (Å²) in [5.41, 5.74) is 0. The maximum Gasteiger partial charge on any atom is 0.305 e. The number of nitrogens with one attached hydrogen (secondary N) is 1. The molecule has 0 fully saturated rings. The Morgan fingerprint density at radius 1 is 0.368 bits per heavy atom. The standard InChI is InChI=1S/C70H133NO5/c1-3-5-7-9-11-13-15-17-19-21-23-24-27-30-34-38-42-46-50-54-58-62-68(73)67(66-72)71-69(74)63-59-55-51-47-43-39-35-31-28-25-26-29-33-37-41-45-49-53-57-61-65-76-70(75)64-60-56-52-48-44-40-36-32-22-20-18-16-14-12-10-8-6-4-2/h14,16,20,22,25,28,67-68,72-73H,3-13,15,17-19,21,23-24,26-27,29-66H2,1-2H3,(H,71,74)/b16-14-,22-20-,28-25-.